The molecule has 1 spiro atoms. The smallest absolute Gasteiger partial charge is 0.410 e. The van der Waals surface area contributed by atoms with Crippen LogP contribution in [0.3, 0.4) is 0 Å². The van der Waals surface area contributed by atoms with Gasteiger partial charge in [-0.2, -0.15) is 0 Å². The van der Waals surface area contributed by atoms with E-state index < -0.39 is 5.60 Å². The van der Waals surface area contributed by atoms with Crippen molar-refractivity contribution < 1.29 is 23.5 Å². The quantitative estimate of drug-likeness (QED) is 0.618. The van der Waals surface area contributed by atoms with Crippen LogP contribution < -0.4 is 10.1 Å². The maximum absolute atomic E-state index is 13.9. The van der Waals surface area contributed by atoms with Crippen LogP contribution in [-0.4, -0.2) is 52.7 Å². The Hall–Kier alpha value is -2.90. The molecule has 6 atom stereocenters. The highest BCUT2D eigenvalue weighted by Crippen LogP contribution is 2.84. The molecule has 2 bridgehead atoms. The first-order chi connectivity index (χ1) is 17.6. The van der Waals surface area contributed by atoms with Crippen LogP contribution in [0.5, 0.6) is 5.75 Å². The molecule has 8 heteroatoms. The minimum atomic E-state index is -0.512. The van der Waals surface area contributed by atoms with Crippen molar-refractivity contribution in [1.82, 2.24) is 15.2 Å². The fourth-order valence-electron chi connectivity index (χ4n) is 7.48. The van der Waals surface area contributed by atoms with Crippen molar-refractivity contribution in [3.8, 4) is 5.75 Å². The van der Waals surface area contributed by atoms with Gasteiger partial charge in [-0.1, -0.05) is 6.92 Å². The fraction of sp³-hybridized carbons (Fsp3) is 0.621. The second-order valence-corrected chi connectivity index (χ2v) is 12.5. The van der Waals surface area contributed by atoms with Crippen molar-refractivity contribution in [3.63, 3.8) is 0 Å². The number of likely N-dealkylation sites (tertiary alicyclic amines) is 1. The van der Waals surface area contributed by atoms with E-state index in [1.54, 1.807) is 17.2 Å². The first-order valence-corrected chi connectivity index (χ1v) is 13.5. The summed E-state index contributed by atoms with van der Waals surface area (Å²) in [4.78, 5) is 31.7. The van der Waals surface area contributed by atoms with Gasteiger partial charge in [0.1, 0.15) is 23.3 Å². The normalized spacial score (nSPS) is 31.3. The molecular weight excluding hydrogens is 473 g/mol. The first kappa shape index (κ1) is 24.4. The Labute approximate surface area is 217 Å². The highest BCUT2D eigenvalue weighted by molar-refractivity contribution is 5.85. The molecule has 7 rings (SSSR count). The standard InChI is InChI=1S/C29H36FN3O4/c1-16(26(34)32-18-8-11-33(12-9-18)27(35)37-28(2,3)4)25-24-20-14-29(20,25)15-23(24)36-22-7-10-31-21-6-5-17(30)13-19(21)22/h5-7,10,13,16,18,20,23-25H,8-9,11-12,14-15H2,1-4H3,(H,32,34)/t16?,20-,23+,24?,25+,29-/m0/s1. The first-order valence-electron chi connectivity index (χ1n) is 13.5. The number of pyridine rings is 1. The zero-order valence-electron chi connectivity index (χ0n) is 22.0. The van der Waals surface area contributed by atoms with Gasteiger partial charge in [-0.05, 0) is 88.0 Å². The average Bonchev–Trinajstić information content (AvgIpc) is 3.15. The Morgan fingerprint density at radius 1 is 1.19 bits per heavy atom. The summed E-state index contributed by atoms with van der Waals surface area (Å²) in [7, 11) is 0. The van der Waals surface area contributed by atoms with Crippen molar-refractivity contribution in [3.05, 3.63) is 36.3 Å². The zero-order chi connectivity index (χ0) is 26.1. The summed E-state index contributed by atoms with van der Waals surface area (Å²) in [5, 5.41) is 3.96. The van der Waals surface area contributed by atoms with E-state index in [-0.39, 0.29) is 41.3 Å². The number of benzene rings is 1. The maximum atomic E-state index is 13.9. The number of aromatic nitrogens is 1. The Balaban J connectivity index is 1.06. The number of ether oxygens (including phenoxy) is 2. The molecule has 1 aromatic heterocycles. The van der Waals surface area contributed by atoms with Crippen LogP contribution in [0.25, 0.3) is 10.9 Å². The molecule has 1 aliphatic heterocycles. The molecule has 2 heterocycles. The van der Waals surface area contributed by atoms with Gasteiger partial charge in [-0.25, -0.2) is 9.18 Å². The summed E-state index contributed by atoms with van der Waals surface area (Å²) in [6.45, 7) is 8.83. The summed E-state index contributed by atoms with van der Waals surface area (Å²) in [5.41, 5.74) is 0.428. The van der Waals surface area contributed by atoms with Gasteiger partial charge >= 0.3 is 6.09 Å². The number of rotatable bonds is 5. The summed E-state index contributed by atoms with van der Waals surface area (Å²) in [5.74, 6) is 1.69. The highest BCUT2D eigenvalue weighted by Gasteiger charge is 2.82. The monoisotopic (exact) mass is 509 g/mol. The summed E-state index contributed by atoms with van der Waals surface area (Å²) < 4.78 is 25.9. The number of nitrogens with one attached hydrogen (secondary N) is 1. The minimum Gasteiger partial charge on any atom is -0.489 e. The number of carbonyl (C=O) groups is 2. The lowest BCUT2D eigenvalue weighted by atomic mass is 9.65. The molecule has 5 aliphatic rings. The number of hydrogen-bond acceptors (Lipinski definition) is 5. The average molecular weight is 510 g/mol. The number of halogens is 1. The van der Waals surface area contributed by atoms with Crippen LogP contribution in [0.1, 0.15) is 53.4 Å². The van der Waals surface area contributed by atoms with Crippen LogP contribution in [0.15, 0.2) is 30.5 Å². The van der Waals surface area contributed by atoms with Crippen molar-refractivity contribution in [2.24, 2.45) is 29.1 Å². The van der Waals surface area contributed by atoms with E-state index >= 15 is 0 Å². The molecule has 198 valence electrons. The lowest BCUT2D eigenvalue weighted by molar-refractivity contribution is -0.130. The number of fused-ring (bicyclic) bond motifs is 2. The molecule has 7 nitrogen and oxygen atoms in total. The Morgan fingerprint density at radius 2 is 1.95 bits per heavy atom. The van der Waals surface area contributed by atoms with Crippen LogP contribution in [-0.2, 0) is 9.53 Å². The molecular formula is C29H36FN3O4. The van der Waals surface area contributed by atoms with Crippen molar-refractivity contribution in [1.29, 1.82) is 0 Å². The predicted octanol–water partition coefficient (Wildman–Crippen LogP) is 4.93. The Bertz CT molecular complexity index is 1240. The van der Waals surface area contributed by atoms with Gasteiger partial charge in [0.25, 0.3) is 0 Å². The largest absolute Gasteiger partial charge is 0.489 e. The molecule has 4 saturated carbocycles. The Morgan fingerprint density at radius 3 is 2.68 bits per heavy atom. The number of nitrogens with zero attached hydrogens (tertiary/aromatic N) is 2. The number of amides is 2. The topological polar surface area (TPSA) is 80.8 Å². The second-order valence-electron chi connectivity index (χ2n) is 12.5. The number of carbonyl (C=O) groups excluding carboxylic acids is 2. The van der Waals surface area contributed by atoms with Crippen LogP contribution >= 0.6 is 0 Å². The molecule has 0 radical (unpaired) electrons. The van der Waals surface area contributed by atoms with Crippen LogP contribution in [0, 0.1) is 34.9 Å². The third-order valence-electron chi connectivity index (χ3n) is 9.12. The van der Waals surface area contributed by atoms with Gasteiger partial charge in [0, 0.05) is 42.6 Å². The lowest BCUT2D eigenvalue weighted by Gasteiger charge is -2.40. The number of piperidine rings is 1. The fourth-order valence-corrected chi connectivity index (χ4v) is 7.48. The van der Waals surface area contributed by atoms with E-state index in [9.17, 15) is 14.0 Å². The molecule has 5 fully saturated rings. The molecule has 2 amide bonds. The molecule has 2 unspecified atom stereocenters. The van der Waals surface area contributed by atoms with E-state index in [1.807, 2.05) is 26.8 Å². The molecule has 1 N–H and O–H groups in total. The molecule has 1 aromatic carbocycles. The van der Waals surface area contributed by atoms with Crippen molar-refractivity contribution in [2.45, 2.75) is 71.1 Å². The molecule has 37 heavy (non-hydrogen) atoms. The minimum absolute atomic E-state index is 0.0462. The van der Waals surface area contributed by atoms with E-state index in [2.05, 4.69) is 17.2 Å². The lowest BCUT2D eigenvalue weighted by Crippen LogP contribution is -2.51. The predicted molar refractivity (Wildman–Crippen MR) is 136 cm³/mol. The molecule has 1 saturated heterocycles. The summed E-state index contributed by atoms with van der Waals surface area (Å²) >= 11 is 0. The van der Waals surface area contributed by atoms with Crippen LogP contribution in [0.4, 0.5) is 9.18 Å². The van der Waals surface area contributed by atoms with Crippen molar-refractivity contribution in [2.75, 3.05) is 13.1 Å². The van der Waals surface area contributed by atoms with E-state index in [0.29, 0.717) is 42.0 Å². The third kappa shape index (κ3) is 4.22. The van der Waals surface area contributed by atoms with Gasteiger partial charge in [0.2, 0.25) is 5.91 Å². The molecule has 4 aliphatic carbocycles. The van der Waals surface area contributed by atoms with Gasteiger partial charge in [-0.15, -0.1) is 0 Å². The second kappa shape index (κ2) is 8.57. The summed E-state index contributed by atoms with van der Waals surface area (Å²) in [6, 6.07) is 6.46. The van der Waals surface area contributed by atoms with Crippen LogP contribution in [0.2, 0.25) is 0 Å². The van der Waals surface area contributed by atoms with E-state index in [0.717, 1.165) is 24.8 Å². The van der Waals surface area contributed by atoms with Gasteiger partial charge in [0.15, 0.2) is 0 Å². The molecule has 2 aromatic rings. The SMILES string of the molecule is CC(C(=O)NC1CCN(C(=O)OC(C)(C)C)CC1)[C@@H]1C2[C@H](Oc3ccnc4ccc(F)cc34)C[C@]13C[C@@H]23. The van der Waals surface area contributed by atoms with Gasteiger partial charge in [-0.3, -0.25) is 9.78 Å². The van der Waals surface area contributed by atoms with Gasteiger partial charge in [0.05, 0.1) is 5.52 Å². The highest BCUT2D eigenvalue weighted by atomic mass is 19.1. The Kier molecular flexibility index (Phi) is 5.66. The zero-order valence-corrected chi connectivity index (χ0v) is 22.0. The number of hydrogen-bond donors (Lipinski definition) is 1. The van der Waals surface area contributed by atoms with E-state index in [1.165, 1.54) is 18.6 Å². The third-order valence-corrected chi connectivity index (χ3v) is 9.12. The van der Waals surface area contributed by atoms with Gasteiger partial charge < -0.3 is 19.7 Å². The summed E-state index contributed by atoms with van der Waals surface area (Å²) in [6.07, 6.45) is 5.07. The maximum Gasteiger partial charge on any atom is 0.410 e. The van der Waals surface area contributed by atoms with E-state index in [4.69, 9.17) is 9.47 Å². The van der Waals surface area contributed by atoms with Crippen molar-refractivity contribution >= 4 is 22.9 Å².